The molecule has 1 amide bonds. The van der Waals surface area contributed by atoms with Gasteiger partial charge in [0, 0.05) is 24.7 Å². The van der Waals surface area contributed by atoms with Crippen LogP contribution in [0.25, 0.3) is 4.96 Å². The van der Waals surface area contributed by atoms with Crippen molar-refractivity contribution < 1.29 is 9.53 Å². The Labute approximate surface area is 118 Å². The van der Waals surface area contributed by atoms with Gasteiger partial charge in [-0.2, -0.15) is 0 Å². The van der Waals surface area contributed by atoms with Gasteiger partial charge < -0.3 is 15.0 Å². The summed E-state index contributed by atoms with van der Waals surface area (Å²) < 4.78 is 6.66. The summed E-state index contributed by atoms with van der Waals surface area (Å²) >= 11 is 1.39. The zero-order valence-corrected chi connectivity index (χ0v) is 11.6. The monoisotopic (exact) mass is 294 g/mol. The maximum absolute atomic E-state index is 12.1. The van der Waals surface area contributed by atoms with Crippen molar-refractivity contribution in [1.82, 2.24) is 14.3 Å². The van der Waals surface area contributed by atoms with Gasteiger partial charge in [-0.1, -0.05) is 0 Å². The molecule has 0 atom stereocenters. The molecule has 20 heavy (non-hydrogen) atoms. The van der Waals surface area contributed by atoms with Gasteiger partial charge in [-0.3, -0.25) is 14.0 Å². The molecule has 1 aliphatic heterocycles. The molecule has 0 spiro atoms. The molecule has 3 heterocycles. The lowest BCUT2D eigenvalue weighted by Crippen LogP contribution is -2.43. The van der Waals surface area contributed by atoms with Crippen LogP contribution in [-0.2, 0) is 9.53 Å². The van der Waals surface area contributed by atoms with Crippen LogP contribution in [0.4, 0.5) is 5.69 Å². The predicted molar refractivity (Wildman–Crippen MR) is 75.2 cm³/mol. The van der Waals surface area contributed by atoms with E-state index in [4.69, 9.17) is 4.74 Å². The van der Waals surface area contributed by atoms with Crippen LogP contribution in [-0.4, -0.2) is 53.0 Å². The first-order chi connectivity index (χ1) is 9.75. The van der Waals surface area contributed by atoms with Gasteiger partial charge in [0.1, 0.15) is 5.69 Å². The molecular formula is C12H14N4O3S. The third-order valence-corrected chi connectivity index (χ3v) is 3.91. The van der Waals surface area contributed by atoms with E-state index in [1.54, 1.807) is 16.5 Å². The van der Waals surface area contributed by atoms with Crippen molar-refractivity contribution >= 4 is 27.9 Å². The van der Waals surface area contributed by atoms with E-state index in [0.29, 0.717) is 37.0 Å². The van der Waals surface area contributed by atoms with Crippen LogP contribution in [0.2, 0.25) is 0 Å². The van der Waals surface area contributed by atoms with Gasteiger partial charge >= 0.3 is 0 Å². The van der Waals surface area contributed by atoms with Crippen LogP contribution in [0, 0.1) is 0 Å². The standard InChI is InChI=1S/C12H14N4O3S/c17-10(15-1-4-19-5-2-15)8-13-9-7-14-12-16(11(9)18)3-6-20-12/h3,6-7,13H,1-2,4-5,8H2. The molecule has 1 N–H and O–H groups in total. The smallest absolute Gasteiger partial charge is 0.281 e. The molecule has 3 rings (SSSR count). The second-order valence-corrected chi connectivity index (χ2v) is 5.25. The van der Waals surface area contributed by atoms with E-state index < -0.39 is 0 Å². The summed E-state index contributed by atoms with van der Waals surface area (Å²) in [6.07, 6.45) is 3.14. The normalized spacial score (nSPS) is 15.5. The lowest BCUT2D eigenvalue weighted by atomic mass is 10.4. The minimum Gasteiger partial charge on any atom is -0.378 e. The van der Waals surface area contributed by atoms with Crippen LogP contribution >= 0.6 is 11.3 Å². The van der Waals surface area contributed by atoms with Gasteiger partial charge in [-0.15, -0.1) is 11.3 Å². The van der Waals surface area contributed by atoms with Crippen molar-refractivity contribution in [2.75, 3.05) is 38.2 Å². The highest BCUT2D eigenvalue weighted by molar-refractivity contribution is 7.15. The lowest BCUT2D eigenvalue weighted by Gasteiger charge is -2.26. The average Bonchev–Trinajstić information content (AvgIpc) is 2.96. The van der Waals surface area contributed by atoms with Crippen LogP contribution < -0.4 is 10.9 Å². The van der Waals surface area contributed by atoms with Gasteiger partial charge in [-0.25, -0.2) is 4.98 Å². The summed E-state index contributed by atoms with van der Waals surface area (Å²) in [6, 6.07) is 0. The highest BCUT2D eigenvalue weighted by atomic mass is 32.1. The number of hydrogen-bond donors (Lipinski definition) is 1. The largest absolute Gasteiger partial charge is 0.378 e. The van der Waals surface area contributed by atoms with Crippen molar-refractivity contribution in [1.29, 1.82) is 0 Å². The molecule has 0 aromatic carbocycles. The Morgan fingerprint density at radius 2 is 2.25 bits per heavy atom. The van der Waals surface area contributed by atoms with Crippen molar-refractivity contribution in [3.8, 4) is 0 Å². The number of carbonyl (C=O) groups is 1. The minimum absolute atomic E-state index is 0.0388. The highest BCUT2D eigenvalue weighted by Crippen LogP contribution is 2.07. The number of carbonyl (C=O) groups excluding carboxylic acids is 1. The molecule has 8 heteroatoms. The summed E-state index contributed by atoms with van der Waals surface area (Å²) in [6.45, 7) is 2.42. The van der Waals surface area contributed by atoms with E-state index in [2.05, 4.69) is 10.3 Å². The summed E-state index contributed by atoms with van der Waals surface area (Å²) in [5.74, 6) is -0.0388. The summed E-state index contributed by atoms with van der Waals surface area (Å²) in [7, 11) is 0. The Morgan fingerprint density at radius 1 is 1.45 bits per heavy atom. The molecule has 1 saturated heterocycles. The number of fused-ring (bicyclic) bond motifs is 1. The Kier molecular flexibility index (Phi) is 3.66. The van der Waals surface area contributed by atoms with Crippen molar-refractivity contribution in [2.24, 2.45) is 0 Å². The second kappa shape index (κ2) is 5.59. The first-order valence-electron chi connectivity index (χ1n) is 6.30. The molecule has 0 aliphatic carbocycles. The fourth-order valence-corrected chi connectivity index (χ4v) is 2.72. The molecule has 0 unspecified atom stereocenters. The summed E-state index contributed by atoms with van der Waals surface area (Å²) in [4.78, 5) is 30.6. The van der Waals surface area contributed by atoms with E-state index in [1.807, 2.05) is 0 Å². The number of nitrogens with one attached hydrogen (secondary N) is 1. The number of amides is 1. The number of anilines is 1. The fourth-order valence-electron chi connectivity index (χ4n) is 2.04. The Hall–Kier alpha value is -1.93. The third kappa shape index (κ3) is 2.52. The van der Waals surface area contributed by atoms with Crippen LogP contribution in [0.15, 0.2) is 22.6 Å². The zero-order valence-electron chi connectivity index (χ0n) is 10.7. The number of thiazole rings is 1. The zero-order chi connectivity index (χ0) is 13.9. The number of aromatic nitrogens is 2. The van der Waals surface area contributed by atoms with Crippen LogP contribution in [0.3, 0.4) is 0 Å². The Balaban J connectivity index is 1.68. The van der Waals surface area contributed by atoms with Crippen LogP contribution in [0.1, 0.15) is 0 Å². The summed E-state index contributed by atoms with van der Waals surface area (Å²) in [5, 5.41) is 4.67. The van der Waals surface area contributed by atoms with E-state index in [-0.39, 0.29) is 18.0 Å². The predicted octanol–water partition coefficient (Wildman–Crippen LogP) is 0.0267. The molecule has 0 bridgehead atoms. The quantitative estimate of drug-likeness (QED) is 0.864. The molecule has 2 aromatic heterocycles. The van der Waals surface area contributed by atoms with Crippen molar-refractivity contribution in [3.63, 3.8) is 0 Å². The highest BCUT2D eigenvalue weighted by Gasteiger charge is 2.17. The fraction of sp³-hybridized carbons (Fsp3) is 0.417. The Morgan fingerprint density at radius 3 is 3.05 bits per heavy atom. The summed E-state index contributed by atoms with van der Waals surface area (Å²) in [5.41, 5.74) is 0.147. The molecule has 0 radical (unpaired) electrons. The number of ether oxygens (including phenoxy) is 1. The van der Waals surface area contributed by atoms with Crippen LogP contribution in [0.5, 0.6) is 0 Å². The van der Waals surface area contributed by atoms with E-state index in [9.17, 15) is 9.59 Å². The molecule has 7 nitrogen and oxygen atoms in total. The molecule has 106 valence electrons. The van der Waals surface area contributed by atoms with E-state index >= 15 is 0 Å². The molecule has 0 saturated carbocycles. The number of rotatable bonds is 3. The van der Waals surface area contributed by atoms with Gasteiger partial charge in [0.15, 0.2) is 4.96 Å². The SMILES string of the molecule is O=C(CNc1cnc2sccn2c1=O)N1CCOCC1. The maximum Gasteiger partial charge on any atom is 0.281 e. The van der Waals surface area contributed by atoms with Gasteiger partial charge in [0.25, 0.3) is 5.56 Å². The van der Waals surface area contributed by atoms with Gasteiger partial charge in [0.2, 0.25) is 5.91 Å². The average molecular weight is 294 g/mol. The Bertz CT molecular complexity index is 675. The number of nitrogens with zero attached hydrogens (tertiary/aromatic N) is 3. The van der Waals surface area contributed by atoms with Crippen molar-refractivity contribution in [3.05, 3.63) is 28.1 Å². The minimum atomic E-state index is -0.189. The molecule has 2 aromatic rings. The number of morpholine rings is 1. The first-order valence-corrected chi connectivity index (χ1v) is 7.18. The van der Waals surface area contributed by atoms with E-state index in [0.717, 1.165) is 0 Å². The van der Waals surface area contributed by atoms with Gasteiger partial charge in [-0.05, 0) is 0 Å². The molecule has 1 aliphatic rings. The van der Waals surface area contributed by atoms with E-state index in [1.165, 1.54) is 21.9 Å². The maximum atomic E-state index is 12.1. The molecule has 1 fully saturated rings. The topological polar surface area (TPSA) is 75.9 Å². The second-order valence-electron chi connectivity index (χ2n) is 4.38. The van der Waals surface area contributed by atoms with Gasteiger partial charge in [0.05, 0.1) is 26.0 Å². The number of hydrogen-bond acceptors (Lipinski definition) is 6. The first kappa shape index (κ1) is 13.1. The molecular weight excluding hydrogens is 280 g/mol. The third-order valence-electron chi connectivity index (χ3n) is 3.14. The lowest BCUT2D eigenvalue weighted by molar-refractivity contribution is -0.133. The van der Waals surface area contributed by atoms with Crippen molar-refractivity contribution in [2.45, 2.75) is 0 Å².